The third-order valence-corrected chi connectivity index (χ3v) is 5.15. The lowest BCUT2D eigenvalue weighted by atomic mass is 9.86. The summed E-state index contributed by atoms with van der Waals surface area (Å²) in [6.07, 6.45) is 5.91. The SMILES string of the molecule is CN(C[C@@H]1CCCC[C@H]1O)C(=O)N[C@@H]1CCc2ccccc21. The second kappa shape index (κ2) is 6.69. The van der Waals surface area contributed by atoms with Crippen LogP contribution in [0.15, 0.2) is 24.3 Å². The number of hydrogen-bond donors (Lipinski definition) is 2. The largest absolute Gasteiger partial charge is 0.393 e. The van der Waals surface area contributed by atoms with E-state index in [-0.39, 0.29) is 24.1 Å². The van der Waals surface area contributed by atoms with E-state index in [2.05, 4.69) is 23.5 Å². The standard InChI is InChI=1S/C18H26N2O2/c1-20(12-14-7-3-5-9-17(14)21)18(22)19-16-11-10-13-6-2-4-8-15(13)16/h2,4,6,8,14,16-17,21H,3,5,7,9-12H2,1H3,(H,19,22)/t14-,16+,17+/m0/s1. The topological polar surface area (TPSA) is 52.6 Å². The molecule has 2 aliphatic carbocycles. The number of amides is 2. The number of nitrogens with zero attached hydrogens (tertiary/aromatic N) is 1. The van der Waals surface area contributed by atoms with Crippen LogP contribution in [0.1, 0.15) is 49.3 Å². The molecule has 2 amide bonds. The van der Waals surface area contributed by atoms with Crippen LogP contribution < -0.4 is 5.32 Å². The second-order valence-electron chi connectivity index (χ2n) is 6.73. The zero-order valence-electron chi connectivity index (χ0n) is 13.3. The van der Waals surface area contributed by atoms with Gasteiger partial charge >= 0.3 is 6.03 Å². The molecule has 4 nitrogen and oxygen atoms in total. The van der Waals surface area contributed by atoms with Crippen LogP contribution in [-0.2, 0) is 6.42 Å². The Bertz CT molecular complexity index is 532. The molecule has 0 aromatic heterocycles. The highest BCUT2D eigenvalue weighted by molar-refractivity contribution is 5.74. The van der Waals surface area contributed by atoms with E-state index < -0.39 is 0 Å². The Balaban J connectivity index is 1.56. The summed E-state index contributed by atoms with van der Waals surface area (Å²) in [4.78, 5) is 14.2. The van der Waals surface area contributed by atoms with Crippen molar-refractivity contribution < 1.29 is 9.90 Å². The minimum absolute atomic E-state index is 0.0283. The number of aliphatic hydroxyl groups is 1. The van der Waals surface area contributed by atoms with E-state index in [4.69, 9.17) is 0 Å². The molecule has 0 bridgehead atoms. The molecule has 22 heavy (non-hydrogen) atoms. The molecule has 0 heterocycles. The van der Waals surface area contributed by atoms with Gasteiger partial charge in [-0.25, -0.2) is 4.79 Å². The van der Waals surface area contributed by atoms with Gasteiger partial charge in [-0.2, -0.15) is 0 Å². The van der Waals surface area contributed by atoms with Crippen LogP contribution >= 0.6 is 0 Å². The summed E-state index contributed by atoms with van der Waals surface area (Å²) in [6, 6.07) is 8.44. The first-order valence-electron chi connectivity index (χ1n) is 8.42. The first-order valence-corrected chi connectivity index (χ1v) is 8.42. The van der Waals surface area contributed by atoms with Crippen molar-refractivity contribution in [1.29, 1.82) is 0 Å². The molecule has 0 radical (unpaired) electrons. The highest BCUT2D eigenvalue weighted by Gasteiger charge is 2.28. The number of aryl methyl sites for hydroxylation is 1. The van der Waals surface area contributed by atoms with Gasteiger partial charge in [0.05, 0.1) is 12.1 Å². The van der Waals surface area contributed by atoms with Crippen LogP contribution in [-0.4, -0.2) is 35.7 Å². The van der Waals surface area contributed by atoms with Crippen LogP contribution in [0.2, 0.25) is 0 Å². The van der Waals surface area contributed by atoms with Crippen molar-refractivity contribution in [2.75, 3.05) is 13.6 Å². The molecule has 4 heteroatoms. The Morgan fingerprint density at radius 3 is 2.86 bits per heavy atom. The monoisotopic (exact) mass is 302 g/mol. The fraction of sp³-hybridized carbons (Fsp3) is 0.611. The zero-order chi connectivity index (χ0) is 15.5. The molecule has 2 N–H and O–H groups in total. The van der Waals surface area contributed by atoms with Gasteiger partial charge in [-0.1, -0.05) is 37.1 Å². The van der Waals surface area contributed by atoms with Crippen LogP contribution in [0.25, 0.3) is 0 Å². The molecule has 3 rings (SSSR count). The molecule has 3 atom stereocenters. The number of nitrogens with one attached hydrogen (secondary N) is 1. The fourth-order valence-corrected chi connectivity index (χ4v) is 3.80. The molecule has 1 aromatic carbocycles. The van der Waals surface area contributed by atoms with E-state index in [9.17, 15) is 9.90 Å². The van der Waals surface area contributed by atoms with Crippen LogP contribution in [0.4, 0.5) is 4.79 Å². The molecule has 0 saturated heterocycles. The molecule has 1 fully saturated rings. The molecule has 2 aliphatic rings. The molecule has 1 saturated carbocycles. The lowest BCUT2D eigenvalue weighted by Crippen LogP contribution is -2.43. The van der Waals surface area contributed by atoms with Gasteiger partial charge in [0, 0.05) is 19.5 Å². The highest BCUT2D eigenvalue weighted by atomic mass is 16.3. The van der Waals surface area contributed by atoms with E-state index in [0.29, 0.717) is 6.54 Å². The molecular weight excluding hydrogens is 276 g/mol. The summed E-state index contributed by atoms with van der Waals surface area (Å²) in [7, 11) is 1.83. The Morgan fingerprint density at radius 2 is 2.05 bits per heavy atom. The number of hydrogen-bond acceptors (Lipinski definition) is 2. The molecule has 120 valence electrons. The first-order chi connectivity index (χ1) is 10.6. The number of carbonyl (C=O) groups excluding carboxylic acids is 1. The van der Waals surface area contributed by atoms with Crippen molar-refractivity contribution in [2.24, 2.45) is 5.92 Å². The molecule has 1 aromatic rings. The minimum Gasteiger partial charge on any atom is -0.393 e. The van der Waals surface area contributed by atoms with Crippen molar-refractivity contribution >= 4 is 6.03 Å². The molecule has 0 unspecified atom stereocenters. The van der Waals surface area contributed by atoms with Crippen molar-refractivity contribution in [1.82, 2.24) is 10.2 Å². The zero-order valence-corrected chi connectivity index (χ0v) is 13.3. The summed E-state index contributed by atoms with van der Waals surface area (Å²) in [5, 5.41) is 13.2. The predicted molar refractivity (Wildman–Crippen MR) is 86.6 cm³/mol. The number of aliphatic hydroxyl groups excluding tert-OH is 1. The van der Waals surface area contributed by atoms with Gasteiger partial charge < -0.3 is 15.3 Å². The summed E-state index contributed by atoms with van der Waals surface area (Å²) in [5.41, 5.74) is 2.60. The Kier molecular flexibility index (Phi) is 4.67. The molecule has 0 spiro atoms. The van der Waals surface area contributed by atoms with Crippen molar-refractivity contribution in [3.05, 3.63) is 35.4 Å². The third-order valence-electron chi connectivity index (χ3n) is 5.15. The normalized spacial score (nSPS) is 27.3. The molecule has 0 aliphatic heterocycles. The van der Waals surface area contributed by atoms with Gasteiger partial charge in [0.15, 0.2) is 0 Å². The predicted octanol–water partition coefficient (Wildman–Crippen LogP) is 2.87. The number of rotatable bonds is 3. The summed E-state index contributed by atoms with van der Waals surface area (Å²) in [5.74, 6) is 0.223. The lowest BCUT2D eigenvalue weighted by Gasteiger charge is -2.31. The van der Waals surface area contributed by atoms with E-state index >= 15 is 0 Å². The smallest absolute Gasteiger partial charge is 0.317 e. The summed E-state index contributed by atoms with van der Waals surface area (Å²) >= 11 is 0. The van der Waals surface area contributed by atoms with Gasteiger partial charge in [-0.05, 0) is 36.8 Å². The number of carbonyl (C=O) groups is 1. The second-order valence-corrected chi connectivity index (χ2v) is 6.73. The van der Waals surface area contributed by atoms with Crippen LogP contribution in [0, 0.1) is 5.92 Å². The van der Waals surface area contributed by atoms with Crippen LogP contribution in [0.3, 0.4) is 0 Å². The third kappa shape index (κ3) is 3.27. The summed E-state index contributed by atoms with van der Waals surface area (Å²) in [6.45, 7) is 0.640. The maximum atomic E-state index is 12.4. The summed E-state index contributed by atoms with van der Waals surface area (Å²) < 4.78 is 0. The van der Waals surface area contributed by atoms with E-state index in [1.165, 1.54) is 11.1 Å². The van der Waals surface area contributed by atoms with Crippen molar-refractivity contribution in [2.45, 2.75) is 50.7 Å². The van der Waals surface area contributed by atoms with E-state index in [1.807, 2.05) is 13.1 Å². The van der Waals surface area contributed by atoms with E-state index in [1.54, 1.807) is 4.90 Å². The van der Waals surface area contributed by atoms with Crippen LogP contribution in [0.5, 0.6) is 0 Å². The number of fused-ring (bicyclic) bond motifs is 1. The lowest BCUT2D eigenvalue weighted by molar-refractivity contribution is 0.0563. The average Bonchev–Trinajstić information content (AvgIpc) is 2.93. The Labute approximate surface area is 132 Å². The Morgan fingerprint density at radius 1 is 1.27 bits per heavy atom. The number of benzene rings is 1. The Hall–Kier alpha value is -1.55. The van der Waals surface area contributed by atoms with Crippen molar-refractivity contribution in [3.8, 4) is 0 Å². The highest BCUT2D eigenvalue weighted by Crippen LogP contribution is 2.31. The van der Waals surface area contributed by atoms with Gasteiger partial charge in [0.25, 0.3) is 0 Å². The van der Waals surface area contributed by atoms with E-state index in [0.717, 1.165) is 38.5 Å². The number of urea groups is 1. The minimum atomic E-state index is -0.254. The van der Waals surface area contributed by atoms with Crippen molar-refractivity contribution in [3.63, 3.8) is 0 Å². The molecular formula is C18H26N2O2. The maximum absolute atomic E-state index is 12.4. The maximum Gasteiger partial charge on any atom is 0.317 e. The fourth-order valence-electron chi connectivity index (χ4n) is 3.80. The van der Waals surface area contributed by atoms with Gasteiger partial charge in [0.2, 0.25) is 0 Å². The first kappa shape index (κ1) is 15.3. The van der Waals surface area contributed by atoms with Gasteiger partial charge in [-0.15, -0.1) is 0 Å². The van der Waals surface area contributed by atoms with Gasteiger partial charge in [0.1, 0.15) is 0 Å². The quantitative estimate of drug-likeness (QED) is 0.902. The van der Waals surface area contributed by atoms with Gasteiger partial charge in [-0.3, -0.25) is 0 Å². The average molecular weight is 302 g/mol.